The maximum Gasteiger partial charge on any atom is 0.341 e. The third-order valence-electron chi connectivity index (χ3n) is 3.25. The van der Waals surface area contributed by atoms with E-state index in [0.717, 1.165) is 5.56 Å². The van der Waals surface area contributed by atoms with Crippen molar-refractivity contribution >= 4 is 46.7 Å². The van der Waals surface area contributed by atoms with Gasteiger partial charge in [0.15, 0.2) is 6.61 Å². The van der Waals surface area contributed by atoms with Crippen LogP contribution in [0.3, 0.4) is 0 Å². The molecule has 1 atom stereocenters. The van der Waals surface area contributed by atoms with Crippen LogP contribution in [0.5, 0.6) is 0 Å². The van der Waals surface area contributed by atoms with Crippen molar-refractivity contribution in [2.45, 2.75) is 13.0 Å². The van der Waals surface area contributed by atoms with Crippen LogP contribution in [0.15, 0.2) is 42.5 Å². The van der Waals surface area contributed by atoms with E-state index in [4.69, 9.17) is 39.5 Å². The van der Waals surface area contributed by atoms with E-state index in [9.17, 15) is 9.59 Å². The number of halogens is 3. The van der Waals surface area contributed by atoms with Gasteiger partial charge in [0, 0.05) is 5.02 Å². The molecule has 0 radical (unpaired) electrons. The molecule has 0 aromatic heterocycles. The Hall–Kier alpha value is -1.75. The molecule has 0 saturated carbocycles. The third-order valence-corrected chi connectivity index (χ3v) is 4.13. The first-order valence-electron chi connectivity index (χ1n) is 7.04. The summed E-state index contributed by atoms with van der Waals surface area (Å²) in [7, 11) is 0. The lowest BCUT2D eigenvalue weighted by Crippen LogP contribution is -2.31. The number of carbonyl (C=O) groups excluding carboxylic acids is 2. The van der Waals surface area contributed by atoms with Crippen molar-refractivity contribution < 1.29 is 14.3 Å². The van der Waals surface area contributed by atoms with Gasteiger partial charge in [0.1, 0.15) is 0 Å². The van der Waals surface area contributed by atoms with E-state index in [1.54, 1.807) is 18.2 Å². The molecule has 0 unspecified atom stereocenters. The van der Waals surface area contributed by atoms with E-state index in [0.29, 0.717) is 5.02 Å². The summed E-state index contributed by atoms with van der Waals surface area (Å²) in [5, 5.41) is 3.68. The van der Waals surface area contributed by atoms with E-state index in [1.807, 2.05) is 19.1 Å². The largest absolute Gasteiger partial charge is 0.452 e. The number of hydrogen-bond acceptors (Lipinski definition) is 3. The number of ether oxygens (including phenoxy) is 1. The fourth-order valence-corrected chi connectivity index (χ4v) is 2.69. The first kappa shape index (κ1) is 18.6. The Morgan fingerprint density at radius 3 is 2.21 bits per heavy atom. The topological polar surface area (TPSA) is 55.4 Å². The summed E-state index contributed by atoms with van der Waals surface area (Å²) in [6.45, 7) is 1.38. The number of carbonyl (C=O) groups is 2. The van der Waals surface area contributed by atoms with Crippen molar-refractivity contribution in [2.24, 2.45) is 0 Å². The van der Waals surface area contributed by atoms with Crippen LogP contribution in [0.25, 0.3) is 0 Å². The van der Waals surface area contributed by atoms with Gasteiger partial charge in [-0.15, -0.1) is 0 Å². The molecule has 0 aliphatic rings. The molecule has 2 aromatic rings. The van der Waals surface area contributed by atoms with E-state index in [2.05, 4.69) is 5.32 Å². The highest BCUT2D eigenvalue weighted by Crippen LogP contribution is 2.25. The van der Waals surface area contributed by atoms with Crippen LogP contribution < -0.4 is 5.32 Å². The first-order valence-corrected chi connectivity index (χ1v) is 8.18. The second kappa shape index (κ2) is 8.38. The number of hydrogen-bond donors (Lipinski definition) is 1. The average molecular weight is 387 g/mol. The molecule has 0 aliphatic carbocycles. The fraction of sp³-hybridized carbons (Fsp3) is 0.176. The smallest absolute Gasteiger partial charge is 0.341 e. The second-order valence-corrected chi connectivity index (χ2v) is 6.26. The molecule has 2 rings (SSSR count). The van der Waals surface area contributed by atoms with Gasteiger partial charge in [-0.2, -0.15) is 0 Å². The minimum absolute atomic E-state index is 0.0411. The highest BCUT2D eigenvalue weighted by Gasteiger charge is 2.18. The van der Waals surface area contributed by atoms with Crippen LogP contribution in [-0.2, 0) is 9.53 Å². The summed E-state index contributed by atoms with van der Waals surface area (Å²) in [5.41, 5.74) is 0.924. The van der Waals surface area contributed by atoms with Crippen LogP contribution in [-0.4, -0.2) is 18.5 Å². The predicted molar refractivity (Wildman–Crippen MR) is 94.8 cm³/mol. The van der Waals surface area contributed by atoms with Crippen LogP contribution in [0.4, 0.5) is 0 Å². The maximum absolute atomic E-state index is 12.0. The fourth-order valence-electron chi connectivity index (χ4n) is 2.01. The molecule has 2 aromatic carbocycles. The van der Waals surface area contributed by atoms with Gasteiger partial charge in [-0.1, -0.05) is 53.0 Å². The predicted octanol–water partition coefficient (Wildman–Crippen LogP) is 4.68. The minimum atomic E-state index is -0.750. The molecular formula is C17H14Cl3NO3. The van der Waals surface area contributed by atoms with E-state index in [-0.39, 0.29) is 21.7 Å². The molecule has 0 fully saturated rings. The molecule has 0 spiro atoms. The number of benzene rings is 2. The van der Waals surface area contributed by atoms with Crippen LogP contribution in [0.1, 0.15) is 28.9 Å². The molecular weight excluding hydrogens is 373 g/mol. The Kier molecular flexibility index (Phi) is 6.49. The molecule has 0 bridgehead atoms. The summed E-state index contributed by atoms with van der Waals surface area (Å²) < 4.78 is 4.97. The Morgan fingerprint density at radius 1 is 1.04 bits per heavy atom. The quantitative estimate of drug-likeness (QED) is 0.759. The Morgan fingerprint density at radius 2 is 1.62 bits per heavy atom. The summed E-state index contributed by atoms with van der Waals surface area (Å²) >= 11 is 17.7. The number of rotatable bonds is 5. The molecule has 1 amide bonds. The number of esters is 1. The van der Waals surface area contributed by atoms with Crippen LogP contribution in [0.2, 0.25) is 15.1 Å². The SMILES string of the molecule is C[C@H](NC(=O)COC(=O)c1c(Cl)cccc1Cl)c1ccc(Cl)cc1. The molecule has 24 heavy (non-hydrogen) atoms. The van der Waals surface area contributed by atoms with E-state index >= 15 is 0 Å². The molecule has 126 valence electrons. The van der Waals surface area contributed by atoms with Crippen molar-refractivity contribution in [2.75, 3.05) is 6.61 Å². The average Bonchev–Trinajstić information content (AvgIpc) is 2.53. The van der Waals surface area contributed by atoms with Gasteiger partial charge < -0.3 is 10.1 Å². The van der Waals surface area contributed by atoms with Crippen molar-refractivity contribution in [3.05, 3.63) is 68.7 Å². The summed E-state index contributed by atoms with van der Waals surface area (Å²) in [6.07, 6.45) is 0. The lowest BCUT2D eigenvalue weighted by molar-refractivity contribution is -0.124. The van der Waals surface area contributed by atoms with E-state index < -0.39 is 18.5 Å². The Bertz CT molecular complexity index is 727. The Labute approximate surface area is 154 Å². The molecule has 1 N–H and O–H groups in total. The van der Waals surface area contributed by atoms with Gasteiger partial charge >= 0.3 is 5.97 Å². The standard InChI is InChI=1S/C17H14Cl3NO3/c1-10(11-5-7-12(18)8-6-11)21-15(22)9-24-17(23)16-13(19)3-2-4-14(16)20/h2-8,10H,9H2,1H3,(H,21,22)/t10-/m0/s1. The minimum Gasteiger partial charge on any atom is -0.452 e. The molecule has 4 nitrogen and oxygen atoms in total. The van der Waals surface area contributed by atoms with Crippen molar-refractivity contribution in [1.29, 1.82) is 0 Å². The highest BCUT2D eigenvalue weighted by molar-refractivity contribution is 6.39. The number of nitrogens with one attached hydrogen (secondary N) is 1. The van der Waals surface area contributed by atoms with Gasteiger partial charge in [0.25, 0.3) is 5.91 Å². The zero-order valence-corrected chi connectivity index (χ0v) is 15.0. The van der Waals surface area contributed by atoms with Crippen molar-refractivity contribution in [3.8, 4) is 0 Å². The third kappa shape index (κ3) is 4.87. The van der Waals surface area contributed by atoms with Crippen molar-refractivity contribution in [3.63, 3.8) is 0 Å². The molecule has 0 aliphatic heterocycles. The monoisotopic (exact) mass is 385 g/mol. The van der Waals surface area contributed by atoms with Crippen LogP contribution in [0, 0.1) is 0 Å². The van der Waals surface area contributed by atoms with Gasteiger partial charge in [0.2, 0.25) is 0 Å². The zero-order chi connectivity index (χ0) is 17.7. The summed E-state index contributed by atoms with van der Waals surface area (Å²) in [5.74, 6) is -1.19. The maximum atomic E-state index is 12.0. The summed E-state index contributed by atoms with van der Waals surface area (Å²) in [6, 6.07) is 11.5. The van der Waals surface area contributed by atoms with Gasteiger partial charge in [-0.25, -0.2) is 4.79 Å². The van der Waals surface area contributed by atoms with Crippen LogP contribution >= 0.6 is 34.8 Å². The number of amides is 1. The normalized spacial score (nSPS) is 11.7. The lowest BCUT2D eigenvalue weighted by Gasteiger charge is -2.14. The molecule has 0 heterocycles. The Balaban J connectivity index is 1.91. The van der Waals surface area contributed by atoms with Gasteiger partial charge in [-0.3, -0.25) is 4.79 Å². The van der Waals surface area contributed by atoms with Crippen molar-refractivity contribution in [1.82, 2.24) is 5.32 Å². The van der Waals surface area contributed by atoms with Gasteiger partial charge in [-0.05, 0) is 36.8 Å². The molecule has 7 heteroatoms. The zero-order valence-electron chi connectivity index (χ0n) is 12.7. The molecule has 0 saturated heterocycles. The second-order valence-electron chi connectivity index (χ2n) is 5.01. The summed E-state index contributed by atoms with van der Waals surface area (Å²) in [4.78, 5) is 23.9. The first-order chi connectivity index (χ1) is 11.4. The highest BCUT2D eigenvalue weighted by atomic mass is 35.5. The van der Waals surface area contributed by atoms with Gasteiger partial charge in [0.05, 0.1) is 21.7 Å². The lowest BCUT2D eigenvalue weighted by atomic mass is 10.1. The van der Waals surface area contributed by atoms with E-state index in [1.165, 1.54) is 12.1 Å².